The minimum Gasteiger partial charge on any atom is -0.372 e. The molecule has 4 aromatic rings. The molecule has 0 saturated carbocycles. The average molecular weight is 530 g/mol. The Bertz CT molecular complexity index is 1380. The molecule has 2 atom stereocenters. The summed E-state index contributed by atoms with van der Waals surface area (Å²) in [6, 6.07) is 24.9. The minimum atomic E-state index is -0.0941. The lowest BCUT2D eigenvalue weighted by Crippen LogP contribution is -2.29. The molecule has 7 heteroatoms. The molecular weight excluding hydrogens is 498 g/mol. The molecule has 190 valence electrons. The highest BCUT2D eigenvalue weighted by atomic mass is 35.5. The summed E-state index contributed by atoms with van der Waals surface area (Å²) in [6.45, 7) is 10.7. The highest BCUT2D eigenvalue weighted by Gasteiger charge is 2.42. The van der Waals surface area contributed by atoms with Gasteiger partial charge in [-0.05, 0) is 112 Å². The number of hydrogen-bond donors (Lipinski definition) is 1. The minimum absolute atomic E-state index is 0.0709. The number of aromatic nitrogens is 2. The van der Waals surface area contributed by atoms with Gasteiger partial charge in [-0.2, -0.15) is 0 Å². The van der Waals surface area contributed by atoms with Crippen molar-refractivity contribution >= 4 is 40.3 Å². The Hall–Kier alpha value is -3.35. The summed E-state index contributed by atoms with van der Waals surface area (Å²) >= 11 is 12.1. The number of thiocarbonyl (C=S) groups is 1. The van der Waals surface area contributed by atoms with Gasteiger partial charge in [0.15, 0.2) is 5.11 Å². The Morgan fingerprint density at radius 1 is 0.946 bits per heavy atom. The first kappa shape index (κ1) is 25.3. The fourth-order valence-electron chi connectivity index (χ4n) is 5.44. The van der Waals surface area contributed by atoms with E-state index in [9.17, 15) is 0 Å². The van der Waals surface area contributed by atoms with Crippen molar-refractivity contribution in [3.63, 3.8) is 0 Å². The number of nitrogens with one attached hydrogen (secondary N) is 1. The number of nitrogens with zero attached hydrogens (tertiary/aromatic N) is 4. The van der Waals surface area contributed by atoms with E-state index in [-0.39, 0.29) is 12.1 Å². The van der Waals surface area contributed by atoms with Gasteiger partial charge < -0.3 is 19.7 Å². The van der Waals surface area contributed by atoms with Crippen molar-refractivity contribution in [2.75, 3.05) is 22.9 Å². The average Bonchev–Trinajstić information content (AvgIpc) is 3.41. The van der Waals surface area contributed by atoms with E-state index in [1.54, 1.807) is 0 Å². The fourth-order valence-corrected chi connectivity index (χ4v) is 5.91. The van der Waals surface area contributed by atoms with Crippen molar-refractivity contribution in [2.24, 2.45) is 0 Å². The third kappa shape index (κ3) is 4.72. The van der Waals surface area contributed by atoms with Gasteiger partial charge in [-0.3, -0.25) is 4.98 Å². The molecule has 5 nitrogen and oxygen atoms in total. The second kappa shape index (κ2) is 10.6. The van der Waals surface area contributed by atoms with Crippen molar-refractivity contribution in [1.29, 1.82) is 0 Å². The van der Waals surface area contributed by atoms with Crippen LogP contribution in [0.2, 0.25) is 5.02 Å². The lowest BCUT2D eigenvalue weighted by molar-refractivity contribution is 0.565. The van der Waals surface area contributed by atoms with E-state index in [1.807, 2.05) is 42.6 Å². The molecule has 1 aliphatic heterocycles. The quantitative estimate of drug-likeness (QED) is 0.257. The topological polar surface area (TPSA) is 36.3 Å². The molecule has 3 heterocycles. The van der Waals surface area contributed by atoms with Gasteiger partial charge in [-0.15, -0.1) is 0 Å². The summed E-state index contributed by atoms with van der Waals surface area (Å²) < 4.78 is 2.33. The van der Waals surface area contributed by atoms with E-state index in [0.29, 0.717) is 10.1 Å². The van der Waals surface area contributed by atoms with Gasteiger partial charge in [0.2, 0.25) is 0 Å². The first-order chi connectivity index (χ1) is 17.9. The van der Waals surface area contributed by atoms with Crippen LogP contribution in [0.4, 0.5) is 11.4 Å². The Balaban J connectivity index is 1.61. The molecule has 2 aromatic heterocycles. The maximum Gasteiger partial charge on any atom is 0.174 e. The highest BCUT2D eigenvalue weighted by molar-refractivity contribution is 7.80. The van der Waals surface area contributed by atoms with E-state index in [4.69, 9.17) is 28.8 Å². The zero-order valence-corrected chi connectivity index (χ0v) is 23.2. The van der Waals surface area contributed by atoms with Crippen LogP contribution in [0.3, 0.4) is 0 Å². The van der Waals surface area contributed by atoms with Crippen LogP contribution < -0.4 is 15.1 Å². The Morgan fingerprint density at radius 2 is 1.62 bits per heavy atom. The fraction of sp³-hybridized carbons (Fsp3) is 0.267. The van der Waals surface area contributed by atoms with Crippen LogP contribution in [0.15, 0.2) is 79.0 Å². The molecule has 2 aromatic carbocycles. The first-order valence-corrected chi connectivity index (χ1v) is 13.5. The number of pyridine rings is 1. The molecule has 0 amide bonds. The first-order valence-electron chi connectivity index (χ1n) is 12.7. The van der Waals surface area contributed by atoms with Crippen LogP contribution in [-0.4, -0.2) is 27.8 Å². The second-order valence-electron chi connectivity index (χ2n) is 9.32. The summed E-state index contributed by atoms with van der Waals surface area (Å²) in [6.07, 6.45) is 1.84. The monoisotopic (exact) mass is 529 g/mol. The molecule has 5 rings (SSSR count). The summed E-state index contributed by atoms with van der Waals surface area (Å²) in [7, 11) is 0. The van der Waals surface area contributed by atoms with Crippen LogP contribution in [0, 0.1) is 13.8 Å². The van der Waals surface area contributed by atoms with E-state index >= 15 is 0 Å². The van der Waals surface area contributed by atoms with Crippen LogP contribution in [-0.2, 0) is 0 Å². The molecule has 0 bridgehead atoms. The number of rotatable bonds is 7. The van der Waals surface area contributed by atoms with Crippen LogP contribution in [0.1, 0.15) is 48.6 Å². The Morgan fingerprint density at radius 3 is 2.24 bits per heavy atom. The van der Waals surface area contributed by atoms with Crippen LogP contribution >= 0.6 is 23.8 Å². The number of aryl methyl sites for hydroxylation is 1. The van der Waals surface area contributed by atoms with Gasteiger partial charge in [0.25, 0.3) is 0 Å². The summed E-state index contributed by atoms with van der Waals surface area (Å²) in [4.78, 5) is 9.24. The second-order valence-corrected chi connectivity index (χ2v) is 10.1. The molecule has 0 radical (unpaired) electrons. The number of hydrogen-bond acceptors (Lipinski definition) is 3. The van der Waals surface area contributed by atoms with Crippen molar-refractivity contribution in [1.82, 2.24) is 14.9 Å². The lowest BCUT2D eigenvalue weighted by Gasteiger charge is -2.28. The van der Waals surface area contributed by atoms with Gasteiger partial charge in [0, 0.05) is 52.8 Å². The molecule has 1 saturated heterocycles. The van der Waals surface area contributed by atoms with Gasteiger partial charge in [0.1, 0.15) is 0 Å². The number of halogens is 1. The third-order valence-electron chi connectivity index (χ3n) is 7.23. The summed E-state index contributed by atoms with van der Waals surface area (Å²) in [5.41, 5.74) is 7.92. The van der Waals surface area contributed by atoms with Crippen molar-refractivity contribution < 1.29 is 0 Å². The van der Waals surface area contributed by atoms with Gasteiger partial charge >= 0.3 is 0 Å². The van der Waals surface area contributed by atoms with E-state index < -0.39 is 0 Å². The molecule has 1 N–H and O–H groups in total. The molecule has 1 fully saturated rings. The maximum absolute atomic E-state index is 6.22. The van der Waals surface area contributed by atoms with Crippen molar-refractivity contribution in [2.45, 2.75) is 39.8 Å². The zero-order chi connectivity index (χ0) is 26.1. The molecule has 0 unspecified atom stereocenters. The molecule has 1 aliphatic rings. The molecule has 37 heavy (non-hydrogen) atoms. The molecular formula is C30H32ClN5S. The molecule has 0 spiro atoms. The van der Waals surface area contributed by atoms with Gasteiger partial charge in [-0.25, -0.2) is 0 Å². The SMILES string of the molecule is CCN(CC)c1ccc(-n2c(C)cc([C@H]3[C@@H](c4ccccn4)NC(=S)N3c3ccc(Cl)cc3)c2C)cc1. The predicted molar refractivity (Wildman–Crippen MR) is 158 cm³/mol. The Kier molecular flexibility index (Phi) is 7.22. The maximum atomic E-state index is 6.22. The van der Waals surface area contributed by atoms with Crippen molar-refractivity contribution in [3.8, 4) is 5.69 Å². The van der Waals surface area contributed by atoms with Crippen molar-refractivity contribution in [3.05, 3.63) is 107 Å². The smallest absolute Gasteiger partial charge is 0.174 e. The van der Waals surface area contributed by atoms with Gasteiger partial charge in [0.05, 0.1) is 17.8 Å². The normalized spacial score (nSPS) is 17.2. The number of anilines is 2. The predicted octanol–water partition coefficient (Wildman–Crippen LogP) is 7.17. The zero-order valence-electron chi connectivity index (χ0n) is 21.6. The van der Waals surface area contributed by atoms with E-state index in [1.165, 1.54) is 22.6 Å². The summed E-state index contributed by atoms with van der Waals surface area (Å²) in [5.74, 6) is 0. The summed E-state index contributed by atoms with van der Waals surface area (Å²) in [5, 5.41) is 4.93. The highest BCUT2D eigenvalue weighted by Crippen LogP contribution is 2.44. The lowest BCUT2D eigenvalue weighted by atomic mass is 9.96. The Labute approximate surface area is 229 Å². The van der Waals surface area contributed by atoms with E-state index in [2.05, 4.69) is 83.8 Å². The van der Waals surface area contributed by atoms with Crippen LogP contribution in [0.25, 0.3) is 5.69 Å². The largest absolute Gasteiger partial charge is 0.372 e. The third-order valence-corrected chi connectivity index (χ3v) is 7.79. The van der Waals surface area contributed by atoms with E-state index in [0.717, 1.165) is 30.2 Å². The van der Waals surface area contributed by atoms with Gasteiger partial charge in [-0.1, -0.05) is 17.7 Å². The molecule has 0 aliphatic carbocycles. The standard InChI is InChI=1S/C30H32ClN5S/c1-5-34(6-2)23-14-16-24(17-15-23)35-20(3)19-26(21(35)4)29-28(27-9-7-8-18-32-27)33-30(37)36(29)25-12-10-22(31)11-13-25/h7-19,28-29H,5-6H2,1-4H3,(H,33,37)/t28-,29+/m1/s1. The number of benzene rings is 2. The van der Waals surface area contributed by atoms with Crippen LogP contribution in [0.5, 0.6) is 0 Å².